The highest BCUT2D eigenvalue weighted by Crippen LogP contribution is 2.25. The van der Waals surface area contributed by atoms with Crippen LogP contribution in [-0.4, -0.2) is 18.4 Å². The Balaban J connectivity index is 1.85. The number of carbonyl (C=O) groups is 2. The largest absolute Gasteiger partial charge is 0.483 e. The van der Waals surface area contributed by atoms with E-state index in [-0.39, 0.29) is 6.61 Å². The number of para-hydroxylation sites is 1. The first-order valence-electron chi connectivity index (χ1n) is 7.54. The molecule has 0 spiro atoms. The molecule has 6 heteroatoms. The molecule has 2 amide bonds. The Kier molecular flexibility index (Phi) is 6.37. The van der Waals surface area contributed by atoms with E-state index in [0.29, 0.717) is 17.2 Å². The molecule has 0 radical (unpaired) electrons. The van der Waals surface area contributed by atoms with Gasteiger partial charge in [0.2, 0.25) is 0 Å². The van der Waals surface area contributed by atoms with Crippen LogP contribution in [0.1, 0.15) is 35.7 Å². The van der Waals surface area contributed by atoms with Crippen molar-refractivity contribution in [2.45, 2.75) is 19.8 Å². The van der Waals surface area contributed by atoms with Crippen LogP contribution in [0.2, 0.25) is 0 Å². The fraction of sp³-hybridized carbons (Fsp3) is 0.222. The van der Waals surface area contributed by atoms with Crippen molar-refractivity contribution >= 4 is 27.7 Å². The summed E-state index contributed by atoms with van der Waals surface area (Å²) in [7, 11) is 0. The summed E-state index contributed by atoms with van der Waals surface area (Å²) in [4.78, 5) is 23.8. The zero-order valence-electron chi connectivity index (χ0n) is 13.5. The molecule has 126 valence electrons. The molecule has 24 heavy (non-hydrogen) atoms. The van der Waals surface area contributed by atoms with Gasteiger partial charge in [-0.15, -0.1) is 0 Å². The van der Waals surface area contributed by atoms with Crippen molar-refractivity contribution in [3.05, 3.63) is 64.1 Å². The van der Waals surface area contributed by atoms with Crippen LogP contribution in [0, 0.1) is 0 Å². The Morgan fingerprint density at radius 1 is 1.08 bits per heavy atom. The van der Waals surface area contributed by atoms with Gasteiger partial charge in [0.25, 0.3) is 11.8 Å². The Morgan fingerprint density at radius 2 is 1.83 bits per heavy atom. The van der Waals surface area contributed by atoms with E-state index < -0.39 is 11.8 Å². The molecular formula is C18H19BrN2O3. The van der Waals surface area contributed by atoms with Gasteiger partial charge >= 0.3 is 0 Å². The molecule has 2 rings (SSSR count). The second-order valence-electron chi connectivity index (χ2n) is 5.49. The van der Waals surface area contributed by atoms with Crippen molar-refractivity contribution in [1.82, 2.24) is 10.9 Å². The molecular weight excluding hydrogens is 372 g/mol. The molecule has 0 aliphatic carbocycles. The average Bonchev–Trinajstić information content (AvgIpc) is 2.58. The smallest absolute Gasteiger partial charge is 0.276 e. The lowest BCUT2D eigenvalue weighted by molar-refractivity contribution is -0.123. The summed E-state index contributed by atoms with van der Waals surface area (Å²) in [6.07, 6.45) is 0. The highest BCUT2D eigenvalue weighted by Gasteiger charge is 2.10. The molecule has 0 fully saturated rings. The molecule has 2 N–H and O–H groups in total. The molecule has 2 aromatic carbocycles. The highest BCUT2D eigenvalue weighted by molar-refractivity contribution is 9.10. The lowest BCUT2D eigenvalue weighted by atomic mass is 10.0. The van der Waals surface area contributed by atoms with Crippen LogP contribution in [0.4, 0.5) is 0 Å². The minimum absolute atomic E-state index is 0.178. The second kappa shape index (κ2) is 8.49. The van der Waals surface area contributed by atoms with Gasteiger partial charge in [-0.25, -0.2) is 0 Å². The highest BCUT2D eigenvalue weighted by atomic mass is 79.9. The van der Waals surface area contributed by atoms with Crippen LogP contribution in [0.3, 0.4) is 0 Å². The van der Waals surface area contributed by atoms with Gasteiger partial charge in [-0.1, -0.05) is 54.0 Å². The fourth-order valence-corrected chi connectivity index (χ4v) is 2.50. The van der Waals surface area contributed by atoms with Gasteiger partial charge in [0.15, 0.2) is 6.61 Å². The van der Waals surface area contributed by atoms with Crippen LogP contribution in [0.15, 0.2) is 53.0 Å². The predicted octanol–water partition coefficient (Wildman–Crippen LogP) is 3.41. The van der Waals surface area contributed by atoms with Crippen LogP contribution < -0.4 is 15.6 Å². The first-order chi connectivity index (χ1) is 11.5. The Morgan fingerprint density at radius 3 is 2.54 bits per heavy atom. The van der Waals surface area contributed by atoms with E-state index in [9.17, 15) is 9.59 Å². The number of rotatable bonds is 5. The van der Waals surface area contributed by atoms with Crippen LogP contribution in [-0.2, 0) is 4.79 Å². The number of hydrogen-bond donors (Lipinski definition) is 2. The van der Waals surface area contributed by atoms with E-state index >= 15 is 0 Å². The summed E-state index contributed by atoms with van der Waals surface area (Å²) in [6.45, 7) is 3.93. The molecule has 0 aromatic heterocycles. The molecule has 0 atom stereocenters. The lowest BCUT2D eigenvalue weighted by Crippen LogP contribution is -2.43. The maximum atomic E-state index is 11.9. The molecule has 0 heterocycles. The van der Waals surface area contributed by atoms with Gasteiger partial charge in [-0.05, 0) is 35.7 Å². The average molecular weight is 391 g/mol. The first kappa shape index (κ1) is 18.0. The number of amides is 2. The maximum absolute atomic E-state index is 11.9. The third kappa shape index (κ3) is 5.09. The van der Waals surface area contributed by atoms with Crippen LogP contribution >= 0.6 is 15.9 Å². The van der Waals surface area contributed by atoms with Crippen LogP contribution in [0.5, 0.6) is 5.75 Å². The Bertz CT molecular complexity index is 732. The summed E-state index contributed by atoms with van der Waals surface area (Å²) in [5.74, 6) is 0.130. The van der Waals surface area contributed by atoms with Gasteiger partial charge < -0.3 is 4.74 Å². The minimum atomic E-state index is -0.433. The number of nitrogens with one attached hydrogen (secondary N) is 2. The van der Waals surface area contributed by atoms with Gasteiger partial charge in [-0.3, -0.25) is 20.4 Å². The number of halogens is 1. The zero-order chi connectivity index (χ0) is 17.5. The maximum Gasteiger partial charge on any atom is 0.276 e. The number of carbonyl (C=O) groups excluding carboxylic acids is 2. The topological polar surface area (TPSA) is 67.4 Å². The summed E-state index contributed by atoms with van der Waals surface area (Å²) >= 11 is 3.29. The number of hydrazine groups is 1. The monoisotopic (exact) mass is 390 g/mol. The fourth-order valence-electron chi connectivity index (χ4n) is 2.10. The van der Waals surface area contributed by atoms with E-state index in [2.05, 4.69) is 40.6 Å². The molecule has 2 aromatic rings. The summed E-state index contributed by atoms with van der Waals surface area (Å²) in [5, 5.41) is 0. The summed E-state index contributed by atoms with van der Waals surface area (Å²) < 4.78 is 6.33. The molecule has 0 unspecified atom stereocenters. The minimum Gasteiger partial charge on any atom is -0.483 e. The third-order valence-electron chi connectivity index (χ3n) is 3.30. The van der Waals surface area contributed by atoms with Crippen molar-refractivity contribution in [2.24, 2.45) is 0 Å². The quantitative estimate of drug-likeness (QED) is 0.768. The zero-order valence-corrected chi connectivity index (χ0v) is 15.1. The van der Waals surface area contributed by atoms with Crippen molar-refractivity contribution in [1.29, 1.82) is 0 Å². The molecule has 0 bridgehead atoms. The normalized spacial score (nSPS) is 10.3. The van der Waals surface area contributed by atoms with E-state index in [4.69, 9.17) is 4.74 Å². The van der Waals surface area contributed by atoms with Gasteiger partial charge in [-0.2, -0.15) is 0 Å². The van der Waals surface area contributed by atoms with Crippen molar-refractivity contribution in [2.75, 3.05) is 6.61 Å². The van der Waals surface area contributed by atoms with E-state index in [1.165, 1.54) is 0 Å². The van der Waals surface area contributed by atoms with Crippen LogP contribution in [0.25, 0.3) is 0 Å². The van der Waals surface area contributed by atoms with Crippen molar-refractivity contribution in [3.63, 3.8) is 0 Å². The molecule has 0 aliphatic heterocycles. The van der Waals surface area contributed by atoms with E-state index in [1.54, 1.807) is 18.2 Å². The van der Waals surface area contributed by atoms with Gasteiger partial charge in [0, 0.05) is 10.0 Å². The summed E-state index contributed by atoms with van der Waals surface area (Å²) in [6, 6.07) is 14.4. The van der Waals surface area contributed by atoms with E-state index in [1.807, 2.05) is 30.3 Å². The SMILES string of the molecule is CC(C)c1ccccc1OCC(=O)NNC(=O)c1cccc(Br)c1. The third-order valence-corrected chi connectivity index (χ3v) is 3.80. The number of benzene rings is 2. The molecule has 5 nitrogen and oxygen atoms in total. The number of ether oxygens (including phenoxy) is 1. The number of hydrogen-bond acceptors (Lipinski definition) is 3. The molecule has 0 saturated heterocycles. The standard InChI is InChI=1S/C18H19BrN2O3/c1-12(2)15-8-3-4-9-16(15)24-11-17(22)20-21-18(23)13-6-5-7-14(19)10-13/h3-10,12H,11H2,1-2H3,(H,20,22)(H,21,23). The van der Waals surface area contributed by atoms with Crippen molar-refractivity contribution < 1.29 is 14.3 Å². The first-order valence-corrected chi connectivity index (χ1v) is 8.33. The lowest BCUT2D eigenvalue weighted by Gasteiger charge is -2.14. The Labute approximate surface area is 149 Å². The van der Waals surface area contributed by atoms with E-state index in [0.717, 1.165) is 10.0 Å². The second-order valence-corrected chi connectivity index (χ2v) is 6.41. The molecule has 0 aliphatic rings. The van der Waals surface area contributed by atoms with Gasteiger partial charge in [0.1, 0.15) is 5.75 Å². The predicted molar refractivity (Wildman–Crippen MR) is 95.8 cm³/mol. The summed E-state index contributed by atoms with van der Waals surface area (Å²) in [5.41, 5.74) is 6.17. The van der Waals surface area contributed by atoms with Crippen molar-refractivity contribution in [3.8, 4) is 5.75 Å². The molecule has 0 saturated carbocycles. The van der Waals surface area contributed by atoms with Gasteiger partial charge in [0.05, 0.1) is 0 Å². The Hall–Kier alpha value is -2.34.